The highest BCUT2D eigenvalue weighted by Gasteiger charge is 2.04. The number of aromatic hydroxyl groups is 1. The van der Waals surface area contributed by atoms with Crippen molar-refractivity contribution < 1.29 is 5.11 Å². The molecule has 3 heteroatoms. The second kappa shape index (κ2) is 2.69. The van der Waals surface area contributed by atoms with Crippen LogP contribution in [-0.2, 0) is 0 Å². The Morgan fingerprint density at radius 3 is 2.69 bits per heavy atom. The average molecular weight is 174 g/mol. The Hall–Kier alpha value is -1.64. The summed E-state index contributed by atoms with van der Waals surface area (Å²) in [4.78, 5) is 8.40. The SMILES string of the molecule is Cc1nc(C)c2cccc(O)c2n1. The molecule has 3 nitrogen and oxygen atoms in total. The molecule has 13 heavy (non-hydrogen) atoms. The summed E-state index contributed by atoms with van der Waals surface area (Å²) in [5.41, 5.74) is 1.53. The van der Waals surface area contributed by atoms with E-state index in [1.54, 1.807) is 12.1 Å². The van der Waals surface area contributed by atoms with Crippen LogP contribution in [0.5, 0.6) is 5.75 Å². The number of nitrogens with zero attached hydrogens (tertiary/aromatic N) is 2. The summed E-state index contributed by atoms with van der Waals surface area (Å²) in [5, 5.41) is 10.4. The van der Waals surface area contributed by atoms with Crippen LogP contribution in [0.15, 0.2) is 18.2 Å². The van der Waals surface area contributed by atoms with Crippen LogP contribution in [0.25, 0.3) is 10.9 Å². The lowest BCUT2D eigenvalue weighted by atomic mass is 10.2. The van der Waals surface area contributed by atoms with Gasteiger partial charge in [0.2, 0.25) is 0 Å². The van der Waals surface area contributed by atoms with Crippen LogP contribution in [0, 0.1) is 13.8 Å². The van der Waals surface area contributed by atoms with Gasteiger partial charge in [-0.1, -0.05) is 12.1 Å². The largest absolute Gasteiger partial charge is 0.506 e. The molecule has 0 saturated carbocycles. The van der Waals surface area contributed by atoms with E-state index >= 15 is 0 Å². The highest BCUT2D eigenvalue weighted by molar-refractivity contribution is 5.85. The van der Waals surface area contributed by atoms with E-state index in [1.165, 1.54) is 0 Å². The van der Waals surface area contributed by atoms with E-state index in [9.17, 15) is 5.11 Å². The highest BCUT2D eigenvalue weighted by atomic mass is 16.3. The summed E-state index contributed by atoms with van der Waals surface area (Å²) >= 11 is 0. The van der Waals surface area contributed by atoms with Crippen LogP contribution in [-0.4, -0.2) is 15.1 Å². The van der Waals surface area contributed by atoms with Crippen molar-refractivity contribution in [2.24, 2.45) is 0 Å². The summed E-state index contributed by atoms with van der Waals surface area (Å²) in [6.45, 7) is 3.73. The molecule has 66 valence electrons. The number of fused-ring (bicyclic) bond motifs is 1. The van der Waals surface area contributed by atoms with Crippen molar-refractivity contribution in [2.45, 2.75) is 13.8 Å². The van der Waals surface area contributed by atoms with E-state index in [1.807, 2.05) is 19.9 Å². The van der Waals surface area contributed by atoms with Crippen molar-refractivity contribution in [3.8, 4) is 5.75 Å². The zero-order valence-corrected chi connectivity index (χ0v) is 7.57. The Balaban J connectivity index is 2.94. The molecule has 1 aromatic heterocycles. The Labute approximate surface area is 76.1 Å². The zero-order valence-electron chi connectivity index (χ0n) is 7.57. The lowest BCUT2D eigenvalue weighted by Gasteiger charge is -2.03. The molecule has 2 aromatic rings. The molecule has 0 saturated heterocycles. The fourth-order valence-electron chi connectivity index (χ4n) is 1.43. The lowest BCUT2D eigenvalue weighted by Crippen LogP contribution is -1.92. The third-order valence-corrected chi connectivity index (χ3v) is 2.01. The fraction of sp³-hybridized carbons (Fsp3) is 0.200. The van der Waals surface area contributed by atoms with Crippen molar-refractivity contribution in [3.05, 3.63) is 29.7 Å². The number of aromatic nitrogens is 2. The average Bonchev–Trinajstić information content (AvgIpc) is 2.07. The van der Waals surface area contributed by atoms with Gasteiger partial charge in [0.1, 0.15) is 17.1 Å². The van der Waals surface area contributed by atoms with E-state index in [-0.39, 0.29) is 5.75 Å². The molecule has 1 heterocycles. The molecule has 0 bridgehead atoms. The number of hydrogen-bond acceptors (Lipinski definition) is 3. The van der Waals surface area contributed by atoms with E-state index in [2.05, 4.69) is 9.97 Å². The molecule has 0 aliphatic carbocycles. The standard InChI is InChI=1S/C10H10N2O/c1-6-8-4-3-5-9(13)10(8)12-7(2)11-6/h3-5,13H,1-2H3. The molecular weight excluding hydrogens is 164 g/mol. The van der Waals surface area contributed by atoms with Crippen LogP contribution in [0.1, 0.15) is 11.5 Å². The lowest BCUT2D eigenvalue weighted by molar-refractivity contribution is 0.480. The third-order valence-electron chi connectivity index (χ3n) is 2.01. The van der Waals surface area contributed by atoms with Crippen LogP contribution < -0.4 is 0 Å². The second-order valence-electron chi connectivity index (χ2n) is 3.03. The molecule has 0 spiro atoms. The predicted octanol–water partition coefficient (Wildman–Crippen LogP) is 1.95. The number of hydrogen-bond donors (Lipinski definition) is 1. The van der Waals surface area contributed by atoms with Gasteiger partial charge in [-0.05, 0) is 19.9 Å². The van der Waals surface area contributed by atoms with Crippen LogP contribution in [0.4, 0.5) is 0 Å². The maximum atomic E-state index is 9.53. The zero-order chi connectivity index (χ0) is 9.42. The Morgan fingerprint density at radius 2 is 1.92 bits per heavy atom. The smallest absolute Gasteiger partial charge is 0.141 e. The van der Waals surface area contributed by atoms with Crippen LogP contribution >= 0.6 is 0 Å². The molecule has 0 fully saturated rings. The van der Waals surface area contributed by atoms with Gasteiger partial charge in [0, 0.05) is 11.1 Å². The van der Waals surface area contributed by atoms with Crippen molar-refractivity contribution >= 4 is 10.9 Å². The van der Waals surface area contributed by atoms with E-state index in [0.29, 0.717) is 11.3 Å². The molecule has 0 radical (unpaired) electrons. The first kappa shape index (κ1) is 7.98. The molecule has 0 unspecified atom stereocenters. The van der Waals surface area contributed by atoms with Gasteiger partial charge in [0.05, 0.1) is 0 Å². The molecule has 1 N–H and O–H groups in total. The number of para-hydroxylation sites is 1. The maximum Gasteiger partial charge on any atom is 0.141 e. The second-order valence-corrected chi connectivity index (χ2v) is 3.03. The molecule has 0 aliphatic heterocycles. The minimum Gasteiger partial charge on any atom is -0.506 e. The van der Waals surface area contributed by atoms with Gasteiger partial charge >= 0.3 is 0 Å². The number of phenolic OH excluding ortho intramolecular Hbond substituents is 1. The molecule has 0 atom stereocenters. The highest BCUT2D eigenvalue weighted by Crippen LogP contribution is 2.23. The minimum atomic E-state index is 0.214. The van der Waals surface area contributed by atoms with Gasteiger partial charge in [-0.2, -0.15) is 0 Å². The van der Waals surface area contributed by atoms with Gasteiger partial charge in [-0.15, -0.1) is 0 Å². The quantitative estimate of drug-likeness (QED) is 0.664. The van der Waals surface area contributed by atoms with Crippen LogP contribution in [0.3, 0.4) is 0 Å². The number of phenols is 1. The van der Waals surface area contributed by atoms with Gasteiger partial charge in [-0.25, -0.2) is 9.97 Å². The predicted molar refractivity (Wildman–Crippen MR) is 50.7 cm³/mol. The molecular formula is C10H10N2O. The van der Waals surface area contributed by atoms with Gasteiger partial charge < -0.3 is 5.11 Å². The summed E-state index contributed by atoms with van der Waals surface area (Å²) < 4.78 is 0. The van der Waals surface area contributed by atoms with E-state index in [0.717, 1.165) is 11.1 Å². The maximum absolute atomic E-state index is 9.53. The number of rotatable bonds is 0. The summed E-state index contributed by atoms with van der Waals surface area (Å²) in [7, 11) is 0. The van der Waals surface area contributed by atoms with Crippen molar-refractivity contribution in [3.63, 3.8) is 0 Å². The van der Waals surface area contributed by atoms with Crippen molar-refractivity contribution in [2.75, 3.05) is 0 Å². The molecule has 0 amide bonds. The number of benzene rings is 1. The van der Waals surface area contributed by atoms with E-state index < -0.39 is 0 Å². The first-order valence-electron chi connectivity index (χ1n) is 4.11. The molecule has 2 rings (SSSR count). The monoisotopic (exact) mass is 174 g/mol. The molecule has 1 aromatic carbocycles. The Kier molecular flexibility index (Phi) is 1.65. The Morgan fingerprint density at radius 1 is 1.15 bits per heavy atom. The summed E-state index contributed by atoms with van der Waals surface area (Å²) in [6, 6.07) is 5.33. The molecule has 0 aliphatic rings. The topological polar surface area (TPSA) is 46.0 Å². The van der Waals surface area contributed by atoms with E-state index in [4.69, 9.17) is 0 Å². The number of aryl methyl sites for hydroxylation is 2. The van der Waals surface area contributed by atoms with Gasteiger partial charge in [0.15, 0.2) is 0 Å². The fourth-order valence-corrected chi connectivity index (χ4v) is 1.43. The van der Waals surface area contributed by atoms with Crippen molar-refractivity contribution in [1.82, 2.24) is 9.97 Å². The summed E-state index contributed by atoms with van der Waals surface area (Å²) in [5.74, 6) is 0.901. The Bertz CT molecular complexity index is 466. The van der Waals surface area contributed by atoms with Crippen molar-refractivity contribution in [1.29, 1.82) is 0 Å². The van der Waals surface area contributed by atoms with Gasteiger partial charge in [0.25, 0.3) is 0 Å². The van der Waals surface area contributed by atoms with Crippen LogP contribution in [0.2, 0.25) is 0 Å². The first-order chi connectivity index (χ1) is 6.18. The summed E-state index contributed by atoms with van der Waals surface area (Å²) in [6.07, 6.45) is 0. The normalized spacial score (nSPS) is 10.6. The third kappa shape index (κ3) is 1.22. The van der Waals surface area contributed by atoms with Gasteiger partial charge in [-0.3, -0.25) is 0 Å². The first-order valence-corrected chi connectivity index (χ1v) is 4.11. The minimum absolute atomic E-state index is 0.214.